The Balaban J connectivity index is 1.78. The van der Waals surface area contributed by atoms with Crippen LogP contribution in [0.15, 0.2) is 72.8 Å². The predicted molar refractivity (Wildman–Crippen MR) is 110 cm³/mol. The Kier molecular flexibility index (Phi) is 3.73. The summed E-state index contributed by atoms with van der Waals surface area (Å²) in [6.07, 6.45) is 4.36. The van der Waals surface area contributed by atoms with Crippen molar-refractivity contribution in [2.24, 2.45) is 0 Å². The molecule has 3 aromatic carbocycles. The summed E-state index contributed by atoms with van der Waals surface area (Å²) in [6.45, 7) is 6.74. The van der Waals surface area contributed by atoms with E-state index < -0.39 is 0 Å². The summed E-state index contributed by atoms with van der Waals surface area (Å²) in [7, 11) is 0. The molecule has 0 aliphatic carbocycles. The zero-order valence-corrected chi connectivity index (χ0v) is 15.0. The first-order chi connectivity index (χ1) is 12.0. The summed E-state index contributed by atoms with van der Waals surface area (Å²) in [5.74, 6) is 0. The quantitative estimate of drug-likeness (QED) is 0.385. The molecule has 0 radical (unpaired) electrons. The van der Waals surface area contributed by atoms with E-state index in [4.69, 9.17) is 0 Å². The molecular formula is C24H23N. The van der Waals surface area contributed by atoms with E-state index >= 15 is 0 Å². The minimum Gasteiger partial charge on any atom is -0.316 e. The molecule has 1 nitrogen and oxygen atoms in total. The number of hydrogen-bond acceptors (Lipinski definition) is 0. The molecule has 124 valence electrons. The van der Waals surface area contributed by atoms with Crippen LogP contribution in [0.25, 0.3) is 34.1 Å². The van der Waals surface area contributed by atoms with Crippen LogP contribution in [0.2, 0.25) is 0 Å². The van der Waals surface area contributed by atoms with E-state index in [0.717, 1.165) is 0 Å². The van der Waals surface area contributed by atoms with Gasteiger partial charge in [-0.2, -0.15) is 0 Å². The largest absolute Gasteiger partial charge is 0.316 e. The predicted octanol–water partition coefficient (Wildman–Crippen LogP) is 6.72. The molecule has 0 unspecified atom stereocenters. The second-order valence-corrected chi connectivity index (χ2v) is 7.59. The maximum Gasteiger partial charge on any atom is 0.0534 e. The second-order valence-electron chi connectivity index (χ2n) is 7.59. The number of fused-ring (bicyclic) bond motifs is 3. The number of para-hydroxylation sites is 2. The fourth-order valence-corrected chi connectivity index (χ4v) is 3.37. The number of rotatable bonds is 2. The van der Waals surface area contributed by atoms with E-state index in [9.17, 15) is 0 Å². The average molecular weight is 325 g/mol. The molecule has 1 heterocycles. The lowest BCUT2D eigenvalue weighted by atomic mass is 9.87. The maximum atomic E-state index is 2.28. The molecule has 1 aromatic heterocycles. The molecule has 0 amide bonds. The third-order valence-corrected chi connectivity index (χ3v) is 4.81. The molecule has 4 aromatic rings. The van der Waals surface area contributed by atoms with Crippen molar-refractivity contribution in [2.75, 3.05) is 0 Å². The monoisotopic (exact) mass is 325 g/mol. The highest BCUT2D eigenvalue weighted by molar-refractivity contribution is 6.09. The molecule has 0 aliphatic heterocycles. The van der Waals surface area contributed by atoms with E-state index in [1.807, 2.05) is 0 Å². The fourth-order valence-electron chi connectivity index (χ4n) is 3.37. The van der Waals surface area contributed by atoms with Gasteiger partial charge in [-0.25, -0.2) is 0 Å². The molecule has 0 spiro atoms. The second kappa shape index (κ2) is 5.93. The summed E-state index contributed by atoms with van der Waals surface area (Å²) >= 11 is 0. The van der Waals surface area contributed by atoms with E-state index in [-0.39, 0.29) is 5.41 Å². The van der Waals surface area contributed by atoms with Crippen LogP contribution in [0, 0.1) is 0 Å². The Morgan fingerprint density at radius 2 is 1.20 bits per heavy atom. The zero-order valence-electron chi connectivity index (χ0n) is 15.0. The normalized spacial score (nSPS) is 12.4. The van der Waals surface area contributed by atoms with Gasteiger partial charge in [0.05, 0.1) is 11.0 Å². The van der Waals surface area contributed by atoms with Gasteiger partial charge < -0.3 is 4.57 Å². The van der Waals surface area contributed by atoms with Gasteiger partial charge in [-0.1, -0.05) is 81.4 Å². The Labute approximate surface area is 149 Å². The first-order valence-electron chi connectivity index (χ1n) is 8.80. The van der Waals surface area contributed by atoms with Gasteiger partial charge in [0.1, 0.15) is 0 Å². The van der Waals surface area contributed by atoms with Crippen molar-refractivity contribution in [1.82, 2.24) is 4.57 Å². The van der Waals surface area contributed by atoms with Crippen LogP contribution in [0.1, 0.15) is 31.9 Å². The van der Waals surface area contributed by atoms with Crippen LogP contribution in [0.5, 0.6) is 0 Å². The maximum absolute atomic E-state index is 2.28. The van der Waals surface area contributed by atoms with Crippen molar-refractivity contribution >= 4 is 34.1 Å². The highest BCUT2D eigenvalue weighted by atomic mass is 14.9. The van der Waals surface area contributed by atoms with Crippen LogP contribution >= 0.6 is 0 Å². The highest BCUT2D eigenvalue weighted by Crippen LogP contribution is 2.29. The van der Waals surface area contributed by atoms with Gasteiger partial charge in [0.15, 0.2) is 0 Å². The summed E-state index contributed by atoms with van der Waals surface area (Å²) < 4.78 is 2.28. The number of hydrogen-bond donors (Lipinski definition) is 0. The number of aromatic nitrogens is 1. The van der Waals surface area contributed by atoms with Gasteiger partial charge in [-0.05, 0) is 34.8 Å². The van der Waals surface area contributed by atoms with Crippen LogP contribution in [-0.4, -0.2) is 4.57 Å². The summed E-state index contributed by atoms with van der Waals surface area (Å²) in [5, 5.41) is 2.59. The topological polar surface area (TPSA) is 4.93 Å². The molecule has 1 heteroatoms. The highest BCUT2D eigenvalue weighted by Gasteiger charge is 2.12. The van der Waals surface area contributed by atoms with Crippen LogP contribution in [-0.2, 0) is 5.41 Å². The van der Waals surface area contributed by atoms with Gasteiger partial charge in [-0.3, -0.25) is 0 Å². The standard InChI is InChI=1S/C24H23N/c1-24(2,3)19-14-12-18(13-15-19)16-17-25-22-10-6-4-8-20(22)21-9-5-7-11-23(21)25/h4-17H,1-3H3/b17-16+. The van der Waals surface area contributed by atoms with E-state index in [1.54, 1.807) is 0 Å². The van der Waals surface area contributed by atoms with Crippen molar-refractivity contribution in [2.45, 2.75) is 26.2 Å². The van der Waals surface area contributed by atoms with Crippen molar-refractivity contribution in [3.8, 4) is 0 Å². The molecule has 0 atom stereocenters. The number of benzene rings is 3. The molecule has 0 bridgehead atoms. The molecular weight excluding hydrogens is 302 g/mol. The van der Waals surface area contributed by atoms with Crippen molar-refractivity contribution in [1.29, 1.82) is 0 Å². The zero-order chi connectivity index (χ0) is 17.4. The first kappa shape index (κ1) is 15.7. The fraction of sp³-hybridized carbons (Fsp3) is 0.167. The summed E-state index contributed by atoms with van der Waals surface area (Å²) in [5.41, 5.74) is 5.25. The summed E-state index contributed by atoms with van der Waals surface area (Å²) in [6, 6.07) is 26.0. The van der Waals surface area contributed by atoms with Gasteiger partial charge in [0, 0.05) is 17.0 Å². The van der Waals surface area contributed by atoms with Gasteiger partial charge >= 0.3 is 0 Å². The third kappa shape index (κ3) is 2.87. The van der Waals surface area contributed by atoms with Gasteiger partial charge in [-0.15, -0.1) is 0 Å². The minimum atomic E-state index is 0.190. The molecule has 25 heavy (non-hydrogen) atoms. The Bertz CT molecular complexity index is 1000. The lowest BCUT2D eigenvalue weighted by Crippen LogP contribution is -2.10. The molecule has 4 rings (SSSR count). The van der Waals surface area contributed by atoms with Crippen molar-refractivity contribution in [3.05, 3.63) is 83.9 Å². The molecule has 0 saturated heterocycles. The summed E-state index contributed by atoms with van der Waals surface area (Å²) in [4.78, 5) is 0. The number of nitrogens with zero attached hydrogens (tertiary/aromatic N) is 1. The Hall–Kier alpha value is -2.80. The van der Waals surface area contributed by atoms with E-state index in [1.165, 1.54) is 32.9 Å². The Morgan fingerprint density at radius 3 is 1.72 bits per heavy atom. The molecule has 0 N–H and O–H groups in total. The molecule has 0 saturated carbocycles. The van der Waals surface area contributed by atoms with Gasteiger partial charge in [0.2, 0.25) is 0 Å². The van der Waals surface area contributed by atoms with Crippen molar-refractivity contribution in [3.63, 3.8) is 0 Å². The lowest BCUT2D eigenvalue weighted by molar-refractivity contribution is 0.590. The van der Waals surface area contributed by atoms with Crippen LogP contribution in [0.3, 0.4) is 0 Å². The lowest BCUT2D eigenvalue weighted by Gasteiger charge is -2.18. The van der Waals surface area contributed by atoms with E-state index in [2.05, 4.69) is 110 Å². The first-order valence-corrected chi connectivity index (χ1v) is 8.80. The van der Waals surface area contributed by atoms with Crippen LogP contribution in [0.4, 0.5) is 0 Å². The Morgan fingerprint density at radius 1 is 0.680 bits per heavy atom. The van der Waals surface area contributed by atoms with Crippen molar-refractivity contribution < 1.29 is 0 Å². The minimum absolute atomic E-state index is 0.190. The van der Waals surface area contributed by atoms with Crippen LogP contribution < -0.4 is 0 Å². The van der Waals surface area contributed by atoms with E-state index in [0.29, 0.717) is 0 Å². The average Bonchev–Trinajstić information content (AvgIpc) is 2.94. The third-order valence-electron chi connectivity index (χ3n) is 4.81. The smallest absolute Gasteiger partial charge is 0.0534 e. The van der Waals surface area contributed by atoms with Gasteiger partial charge in [0.25, 0.3) is 0 Å². The molecule has 0 fully saturated rings. The SMILES string of the molecule is CC(C)(C)c1ccc(/C=C/n2c3ccccc3c3ccccc32)cc1. The molecule has 0 aliphatic rings.